The highest BCUT2D eigenvalue weighted by atomic mass is 31.2. The molecule has 0 amide bonds. The number of hydrogen-bond acceptors (Lipinski definition) is 9. The molecule has 0 aromatic heterocycles. The zero-order valence-electron chi connectivity index (χ0n) is 33.9. The Balaban J connectivity index is 4.50. The highest BCUT2D eigenvalue weighted by Gasteiger charge is 2.27. The average Bonchev–Trinajstić information content (AvgIpc) is 3.17. The van der Waals surface area contributed by atoms with Crippen LogP contribution in [0.25, 0.3) is 0 Å². The molecule has 0 saturated carbocycles. The van der Waals surface area contributed by atoms with Gasteiger partial charge in [0, 0.05) is 12.8 Å². The Kier molecular flexibility index (Phi) is 37.3. The molecule has 1 unspecified atom stereocenters. The minimum Gasteiger partial charge on any atom is -0.462 e. The largest absolute Gasteiger partial charge is 0.472 e. The van der Waals surface area contributed by atoms with Crippen LogP contribution in [0.3, 0.4) is 0 Å². The molecule has 0 aliphatic rings. The average molecular weight is 793 g/mol. The Morgan fingerprint density at radius 1 is 0.564 bits per heavy atom. The fraction of sp³-hybridized carbons (Fsp3) is 0.636. The number of phosphoric ester groups is 1. The molecule has 0 rings (SSSR count). The molecule has 0 bridgehead atoms. The summed E-state index contributed by atoms with van der Waals surface area (Å²) in [7, 11) is -4.64. The van der Waals surface area contributed by atoms with E-state index < -0.39 is 51.8 Å². The van der Waals surface area contributed by atoms with E-state index in [1.54, 1.807) is 0 Å². The van der Waals surface area contributed by atoms with E-state index in [1.807, 2.05) is 6.08 Å². The third-order valence-corrected chi connectivity index (χ3v) is 8.98. The highest BCUT2D eigenvalue weighted by molar-refractivity contribution is 7.47. The quantitative estimate of drug-likeness (QED) is 0.0240. The van der Waals surface area contributed by atoms with E-state index in [9.17, 15) is 24.2 Å². The van der Waals surface area contributed by atoms with Gasteiger partial charge in [-0.25, -0.2) is 4.57 Å². The monoisotopic (exact) mass is 792 g/mol. The first-order valence-corrected chi connectivity index (χ1v) is 22.0. The number of aliphatic hydroxyl groups excluding tert-OH is 2. The lowest BCUT2D eigenvalue weighted by Gasteiger charge is -2.20. The van der Waals surface area contributed by atoms with Gasteiger partial charge in [0.2, 0.25) is 0 Å². The van der Waals surface area contributed by atoms with E-state index in [-0.39, 0.29) is 19.4 Å². The van der Waals surface area contributed by atoms with Crippen molar-refractivity contribution in [1.82, 2.24) is 0 Å². The molecule has 0 heterocycles. The van der Waals surface area contributed by atoms with Gasteiger partial charge in [0.25, 0.3) is 0 Å². The van der Waals surface area contributed by atoms with Gasteiger partial charge in [-0.15, -0.1) is 0 Å². The number of aliphatic hydroxyl groups is 2. The van der Waals surface area contributed by atoms with Crippen LogP contribution >= 0.6 is 7.82 Å². The van der Waals surface area contributed by atoms with Gasteiger partial charge in [0.05, 0.1) is 19.8 Å². The van der Waals surface area contributed by atoms with Crippen LogP contribution in [0.5, 0.6) is 0 Å². The predicted molar refractivity (Wildman–Crippen MR) is 223 cm³/mol. The topological polar surface area (TPSA) is 149 Å². The smallest absolute Gasteiger partial charge is 0.462 e. The van der Waals surface area contributed by atoms with Crippen molar-refractivity contribution < 1.29 is 47.8 Å². The van der Waals surface area contributed by atoms with Crippen molar-refractivity contribution >= 4 is 19.8 Å². The summed E-state index contributed by atoms with van der Waals surface area (Å²) in [5.41, 5.74) is 0. The number of carbonyl (C=O) groups excluding carboxylic acids is 2. The van der Waals surface area contributed by atoms with Crippen LogP contribution in [-0.4, -0.2) is 65.7 Å². The van der Waals surface area contributed by atoms with Crippen molar-refractivity contribution in [1.29, 1.82) is 0 Å². The molecule has 0 spiro atoms. The van der Waals surface area contributed by atoms with Gasteiger partial charge in [-0.05, 0) is 83.5 Å². The number of hydrogen-bond donors (Lipinski definition) is 3. The number of allylic oxidation sites excluding steroid dienone is 14. The summed E-state index contributed by atoms with van der Waals surface area (Å²) in [6, 6.07) is 0. The van der Waals surface area contributed by atoms with Crippen molar-refractivity contribution in [3.63, 3.8) is 0 Å². The maximum Gasteiger partial charge on any atom is 0.472 e. The molecule has 0 aromatic rings. The van der Waals surface area contributed by atoms with E-state index in [0.29, 0.717) is 19.3 Å². The molecule has 3 atom stereocenters. The summed E-state index contributed by atoms with van der Waals surface area (Å²) < 4.78 is 32.5. The lowest BCUT2D eigenvalue weighted by atomic mass is 10.1. The summed E-state index contributed by atoms with van der Waals surface area (Å²) in [6.07, 6.45) is 45.6. The van der Waals surface area contributed by atoms with Crippen LogP contribution in [0.15, 0.2) is 85.1 Å². The van der Waals surface area contributed by atoms with Gasteiger partial charge in [-0.1, -0.05) is 131 Å². The third-order valence-electron chi connectivity index (χ3n) is 8.03. The Hall–Kier alpha value is -2.85. The van der Waals surface area contributed by atoms with Crippen LogP contribution in [0, 0.1) is 0 Å². The van der Waals surface area contributed by atoms with Crippen molar-refractivity contribution in [3.05, 3.63) is 85.1 Å². The molecule has 314 valence electrons. The summed E-state index contributed by atoms with van der Waals surface area (Å²) in [5, 5.41) is 18.3. The number of phosphoric acid groups is 1. The zero-order chi connectivity index (χ0) is 40.5. The Morgan fingerprint density at radius 3 is 1.56 bits per heavy atom. The maximum atomic E-state index is 12.6. The molecule has 0 saturated heterocycles. The minimum atomic E-state index is -4.64. The molecular weight excluding hydrogens is 719 g/mol. The van der Waals surface area contributed by atoms with E-state index in [0.717, 1.165) is 57.8 Å². The number of rotatable bonds is 37. The molecule has 0 aromatic carbocycles. The van der Waals surface area contributed by atoms with E-state index in [2.05, 4.69) is 97.4 Å². The predicted octanol–water partition coefficient (Wildman–Crippen LogP) is 10.7. The van der Waals surface area contributed by atoms with Gasteiger partial charge in [-0.3, -0.25) is 18.6 Å². The second kappa shape index (κ2) is 39.4. The number of carbonyl (C=O) groups is 2. The van der Waals surface area contributed by atoms with E-state index in [1.165, 1.54) is 38.5 Å². The van der Waals surface area contributed by atoms with Gasteiger partial charge < -0.3 is 24.6 Å². The Morgan fingerprint density at radius 2 is 1.02 bits per heavy atom. The molecular formula is C44H73O10P. The number of ether oxygens (including phenoxy) is 2. The first kappa shape index (κ1) is 52.2. The normalized spacial score (nSPS) is 14.8. The van der Waals surface area contributed by atoms with Crippen molar-refractivity contribution in [3.8, 4) is 0 Å². The van der Waals surface area contributed by atoms with Gasteiger partial charge in [-0.2, -0.15) is 0 Å². The first-order chi connectivity index (χ1) is 26.7. The van der Waals surface area contributed by atoms with Crippen LogP contribution in [0.4, 0.5) is 0 Å². The van der Waals surface area contributed by atoms with Crippen molar-refractivity contribution in [2.45, 2.75) is 154 Å². The third kappa shape index (κ3) is 39.2. The molecule has 0 aliphatic heterocycles. The molecule has 10 nitrogen and oxygen atoms in total. The Labute approximate surface area is 332 Å². The molecule has 55 heavy (non-hydrogen) atoms. The lowest BCUT2D eigenvalue weighted by molar-refractivity contribution is -0.161. The fourth-order valence-corrected chi connectivity index (χ4v) is 5.67. The lowest BCUT2D eigenvalue weighted by Crippen LogP contribution is -2.29. The molecule has 0 aliphatic carbocycles. The van der Waals surface area contributed by atoms with E-state index in [4.69, 9.17) is 19.1 Å². The number of esters is 2. The van der Waals surface area contributed by atoms with Crippen LogP contribution in [-0.2, 0) is 32.7 Å². The first-order valence-electron chi connectivity index (χ1n) is 20.5. The van der Waals surface area contributed by atoms with Crippen molar-refractivity contribution in [2.24, 2.45) is 0 Å². The second-order valence-corrected chi connectivity index (χ2v) is 14.7. The van der Waals surface area contributed by atoms with Crippen molar-refractivity contribution in [2.75, 3.05) is 26.4 Å². The summed E-state index contributed by atoms with van der Waals surface area (Å²) in [5.74, 6) is -1.04. The summed E-state index contributed by atoms with van der Waals surface area (Å²) in [6.45, 7) is 2.12. The van der Waals surface area contributed by atoms with Crippen LogP contribution in [0.1, 0.15) is 142 Å². The van der Waals surface area contributed by atoms with Crippen LogP contribution in [0.2, 0.25) is 0 Å². The summed E-state index contributed by atoms with van der Waals surface area (Å²) in [4.78, 5) is 34.9. The highest BCUT2D eigenvalue weighted by Crippen LogP contribution is 2.43. The van der Waals surface area contributed by atoms with Gasteiger partial charge in [0.1, 0.15) is 12.7 Å². The van der Waals surface area contributed by atoms with Crippen LogP contribution < -0.4 is 0 Å². The Bertz CT molecular complexity index is 1190. The second-order valence-electron chi connectivity index (χ2n) is 13.3. The minimum absolute atomic E-state index is 0.116. The standard InChI is InChI=1S/C44H73O10P/c1-3-5-7-9-11-13-15-17-19-20-22-23-25-27-29-31-33-35-43(47)51-39-42(40-53-55(49,50)52-38-41(46)37-45)54-44(48)36-34-32-30-28-26-24-21-18-16-14-12-10-8-6-4-2/h6,8,12,14,17-19,21-23,26-29,41-42,45-46H,3-5,7,9-11,13,15-16,20,24-25,30-40H2,1-2H3,(H,49,50)/b8-6+,14-12+,19-17+,21-18+,23-22+,28-26+,29-27+/t41-,42+/m0/s1. The summed E-state index contributed by atoms with van der Waals surface area (Å²) >= 11 is 0. The van der Waals surface area contributed by atoms with Gasteiger partial charge in [0.15, 0.2) is 6.10 Å². The zero-order valence-corrected chi connectivity index (χ0v) is 34.7. The SMILES string of the molecule is CC/C=C/C/C=C/C/C=C/C/C=C/CCCCC(=O)O[C@H](COC(=O)CCC/C=C/C/C=C/C/C=C/CCCCCCCC)COP(=O)(O)OC[C@@H](O)CO. The number of unbranched alkanes of at least 4 members (excludes halogenated alkanes) is 9. The molecule has 0 fully saturated rings. The maximum absolute atomic E-state index is 12.6. The van der Waals surface area contributed by atoms with Gasteiger partial charge >= 0.3 is 19.8 Å². The molecule has 0 radical (unpaired) electrons. The molecule has 3 N–H and O–H groups in total. The molecule has 11 heteroatoms. The fourth-order valence-electron chi connectivity index (χ4n) is 4.88. The van der Waals surface area contributed by atoms with E-state index >= 15 is 0 Å².